The number of amides is 2. The molecule has 3 aromatic carbocycles. The molecule has 2 amide bonds. The van der Waals surface area contributed by atoms with Crippen molar-refractivity contribution in [1.29, 1.82) is 0 Å². The quantitative estimate of drug-likeness (QED) is 0.362. The van der Waals surface area contributed by atoms with Crippen LogP contribution in [0.2, 0.25) is 0 Å². The monoisotopic (exact) mass is 470 g/mol. The zero-order valence-corrected chi connectivity index (χ0v) is 21.0. The van der Waals surface area contributed by atoms with Gasteiger partial charge in [-0.15, -0.1) is 0 Å². The van der Waals surface area contributed by atoms with Crippen LogP contribution in [-0.2, 0) is 16.0 Å². The van der Waals surface area contributed by atoms with Gasteiger partial charge in [-0.3, -0.25) is 9.59 Å². The van der Waals surface area contributed by atoms with E-state index in [2.05, 4.69) is 12.2 Å². The van der Waals surface area contributed by atoms with Crippen molar-refractivity contribution in [2.45, 2.75) is 51.9 Å². The SMILES string of the molecule is CCCCc1ccc(N2C(=O)C(Nc3cccc(C)c3C)=C(Sc3ccc(C)cc3)C2=O)cc1. The highest BCUT2D eigenvalue weighted by molar-refractivity contribution is 8.04. The lowest BCUT2D eigenvalue weighted by atomic mass is 10.1. The van der Waals surface area contributed by atoms with Crippen LogP contribution in [0.25, 0.3) is 0 Å². The summed E-state index contributed by atoms with van der Waals surface area (Å²) in [5, 5.41) is 3.30. The van der Waals surface area contributed by atoms with Gasteiger partial charge in [0.25, 0.3) is 11.8 Å². The first-order valence-corrected chi connectivity index (χ1v) is 12.5. The van der Waals surface area contributed by atoms with Crippen molar-refractivity contribution in [3.8, 4) is 0 Å². The number of hydrogen-bond acceptors (Lipinski definition) is 4. The van der Waals surface area contributed by atoms with E-state index in [1.807, 2.05) is 87.5 Å². The lowest BCUT2D eigenvalue weighted by molar-refractivity contribution is -0.120. The number of unbranched alkanes of at least 4 members (excludes halogenated alkanes) is 1. The van der Waals surface area contributed by atoms with E-state index in [9.17, 15) is 9.59 Å². The normalized spacial score (nSPS) is 13.7. The number of nitrogens with zero attached hydrogens (tertiary/aromatic N) is 1. The van der Waals surface area contributed by atoms with E-state index in [1.54, 1.807) is 0 Å². The molecule has 1 aliphatic heterocycles. The summed E-state index contributed by atoms with van der Waals surface area (Å²) in [6.07, 6.45) is 3.23. The summed E-state index contributed by atoms with van der Waals surface area (Å²) in [6, 6.07) is 21.7. The summed E-state index contributed by atoms with van der Waals surface area (Å²) >= 11 is 1.33. The van der Waals surface area contributed by atoms with Crippen LogP contribution in [0.5, 0.6) is 0 Å². The fourth-order valence-electron chi connectivity index (χ4n) is 3.89. The number of anilines is 2. The summed E-state index contributed by atoms with van der Waals surface area (Å²) in [7, 11) is 0. The average Bonchev–Trinajstić information content (AvgIpc) is 3.06. The Kier molecular flexibility index (Phi) is 7.23. The minimum absolute atomic E-state index is 0.301. The van der Waals surface area contributed by atoms with Crippen LogP contribution in [0.3, 0.4) is 0 Å². The van der Waals surface area contributed by atoms with Gasteiger partial charge in [0.1, 0.15) is 10.6 Å². The molecule has 0 bridgehead atoms. The minimum atomic E-state index is -0.332. The van der Waals surface area contributed by atoms with E-state index in [-0.39, 0.29) is 11.8 Å². The maximum atomic E-state index is 13.6. The predicted octanol–water partition coefficient (Wildman–Crippen LogP) is 6.94. The Bertz CT molecular complexity index is 1240. The summed E-state index contributed by atoms with van der Waals surface area (Å²) < 4.78 is 0. The van der Waals surface area contributed by atoms with E-state index in [0.29, 0.717) is 16.3 Å². The molecular formula is C29H30N2O2S. The summed E-state index contributed by atoms with van der Waals surface area (Å²) in [4.78, 5) is 29.8. The standard InChI is InChI=1S/C29H30N2O2S/c1-5-6-9-22-13-15-23(16-14-22)31-28(32)26(30-25-10-7-8-20(3)21(25)4)27(29(31)33)34-24-17-11-19(2)12-18-24/h7-8,10-18,30H,5-6,9H2,1-4H3. The molecule has 34 heavy (non-hydrogen) atoms. The summed E-state index contributed by atoms with van der Waals surface area (Å²) in [5.41, 5.74) is 6.26. The van der Waals surface area contributed by atoms with Crippen molar-refractivity contribution in [1.82, 2.24) is 0 Å². The van der Waals surface area contributed by atoms with Crippen molar-refractivity contribution < 1.29 is 9.59 Å². The molecule has 5 heteroatoms. The molecule has 0 atom stereocenters. The van der Waals surface area contributed by atoms with E-state index < -0.39 is 0 Å². The first-order chi connectivity index (χ1) is 16.4. The molecule has 174 valence electrons. The lowest BCUT2D eigenvalue weighted by Gasteiger charge is -2.16. The number of benzene rings is 3. The molecule has 0 saturated heterocycles. The van der Waals surface area contributed by atoms with Crippen molar-refractivity contribution in [2.75, 3.05) is 10.2 Å². The van der Waals surface area contributed by atoms with Crippen molar-refractivity contribution in [3.63, 3.8) is 0 Å². The van der Waals surface area contributed by atoms with Crippen molar-refractivity contribution in [2.24, 2.45) is 0 Å². The van der Waals surface area contributed by atoms with Crippen LogP contribution < -0.4 is 10.2 Å². The molecule has 4 nitrogen and oxygen atoms in total. The zero-order valence-electron chi connectivity index (χ0n) is 20.1. The summed E-state index contributed by atoms with van der Waals surface area (Å²) in [5.74, 6) is -0.633. The number of nitrogens with one attached hydrogen (secondary N) is 1. The highest BCUT2D eigenvalue weighted by Gasteiger charge is 2.40. The Balaban J connectivity index is 1.70. The molecule has 1 aliphatic rings. The zero-order chi connectivity index (χ0) is 24.2. The Hall–Kier alpha value is -3.31. The Labute approximate surface area is 206 Å². The smallest absolute Gasteiger partial charge is 0.283 e. The van der Waals surface area contributed by atoms with Crippen LogP contribution in [-0.4, -0.2) is 11.8 Å². The van der Waals surface area contributed by atoms with E-state index in [0.717, 1.165) is 46.5 Å². The van der Waals surface area contributed by atoms with Crippen molar-refractivity contribution in [3.05, 3.63) is 99.6 Å². The van der Waals surface area contributed by atoms with Gasteiger partial charge in [-0.2, -0.15) is 0 Å². The second-order valence-corrected chi connectivity index (χ2v) is 9.79. The van der Waals surface area contributed by atoms with Crippen LogP contribution in [0, 0.1) is 20.8 Å². The van der Waals surface area contributed by atoms with Gasteiger partial charge in [-0.25, -0.2) is 4.90 Å². The third-order valence-corrected chi connectivity index (χ3v) is 7.25. The van der Waals surface area contributed by atoms with Crippen LogP contribution in [0.15, 0.2) is 82.2 Å². The number of imide groups is 1. The first-order valence-electron chi connectivity index (χ1n) is 11.7. The molecule has 4 rings (SSSR count). The highest BCUT2D eigenvalue weighted by atomic mass is 32.2. The molecule has 0 fully saturated rings. The third kappa shape index (κ3) is 4.95. The van der Waals surface area contributed by atoms with Gasteiger partial charge in [0.2, 0.25) is 0 Å². The average molecular weight is 471 g/mol. The maximum Gasteiger partial charge on any atom is 0.283 e. The minimum Gasteiger partial charge on any atom is -0.350 e. The molecular weight excluding hydrogens is 440 g/mol. The van der Waals surface area contributed by atoms with Gasteiger partial charge < -0.3 is 5.32 Å². The largest absolute Gasteiger partial charge is 0.350 e. The molecule has 0 unspecified atom stereocenters. The van der Waals surface area contributed by atoms with Gasteiger partial charge >= 0.3 is 0 Å². The van der Waals surface area contributed by atoms with E-state index >= 15 is 0 Å². The Morgan fingerprint density at radius 3 is 2.24 bits per heavy atom. The van der Waals surface area contributed by atoms with Gasteiger partial charge in [0.05, 0.1) is 5.69 Å². The molecule has 0 saturated carbocycles. The van der Waals surface area contributed by atoms with Crippen LogP contribution in [0.1, 0.15) is 42.0 Å². The molecule has 1 N–H and O–H groups in total. The number of carbonyl (C=O) groups excluding carboxylic acids is 2. The second kappa shape index (κ2) is 10.3. The Morgan fingerprint density at radius 2 is 1.56 bits per heavy atom. The number of rotatable bonds is 8. The number of thioether (sulfide) groups is 1. The molecule has 0 radical (unpaired) electrons. The molecule has 0 aromatic heterocycles. The third-order valence-electron chi connectivity index (χ3n) is 6.16. The predicted molar refractivity (Wildman–Crippen MR) is 141 cm³/mol. The first kappa shape index (κ1) is 23.8. The van der Waals surface area contributed by atoms with Crippen LogP contribution >= 0.6 is 11.8 Å². The molecule has 0 spiro atoms. The van der Waals surface area contributed by atoms with Gasteiger partial charge in [0, 0.05) is 10.6 Å². The Morgan fingerprint density at radius 1 is 0.853 bits per heavy atom. The maximum absolute atomic E-state index is 13.6. The molecule has 3 aromatic rings. The van der Waals surface area contributed by atoms with E-state index in [4.69, 9.17) is 0 Å². The van der Waals surface area contributed by atoms with Crippen molar-refractivity contribution >= 4 is 35.0 Å². The molecule has 0 aliphatic carbocycles. The summed E-state index contributed by atoms with van der Waals surface area (Å²) in [6.45, 7) is 8.24. The number of carbonyl (C=O) groups is 2. The van der Waals surface area contributed by atoms with Gasteiger partial charge in [-0.1, -0.05) is 67.1 Å². The molecule has 1 heterocycles. The van der Waals surface area contributed by atoms with Crippen LogP contribution in [0.4, 0.5) is 11.4 Å². The van der Waals surface area contributed by atoms with Gasteiger partial charge in [-0.05, 0) is 80.6 Å². The van der Waals surface area contributed by atoms with E-state index in [1.165, 1.54) is 22.2 Å². The highest BCUT2D eigenvalue weighted by Crippen LogP contribution is 2.38. The fourth-order valence-corrected chi connectivity index (χ4v) is 4.81. The second-order valence-electron chi connectivity index (χ2n) is 8.71. The topological polar surface area (TPSA) is 49.4 Å². The fraction of sp³-hybridized carbons (Fsp3) is 0.241. The van der Waals surface area contributed by atoms with Gasteiger partial charge in [0.15, 0.2) is 0 Å². The number of hydrogen-bond donors (Lipinski definition) is 1. The number of aryl methyl sites for hydroxylation is 3. The lowest BCUT2D eigenvalue weighted by Crippen LogP contribution is -2.32.